The normalized spacial score (nSPS) is 22.6. The van der Waals surface area contributed by atoms with Crippen LogP contribution in [0.1, 0.15) is 64.6 Å². The summed E-state index contributed by atoms with van der Waals surface area (Å²) in [4.78, 5) is 57.5. The summed E-state index contributed by atoms with van der Waals surface area (Å²) >= 11 is 0. The number of ether oxygens (including phenoxy) is 1. The molecule has 178 valence electrons. The molecule has 1 fully saturated rings. The van der Waals surface area contributed by atoms with Crippen molar-refractivity contribution < 1.29 is 23.9 Å². The van der Waals surface area contributed by atoms with Crippen molar-refractivity contribution in [2.75, 3.05) is 0 Å². The van der Waals surface area contributed by atoms with E-state index in [9.17, 15) is 19.2 Å². The van der Waals surface area contributed by atoms with Gasteiger partial charge in [-0.2, -0.15) is 0 Å². The molecule has 1 heterocycles. The van der Waals surface area contributed by atoms with E-state index >= 15 is 0 Å². The van der Waals surface area contributed by atoms with Gasteiger partial charge < -0.3 is 4.74 Å². The fraction of sp³-hybridized carbons (Fsp3) is 0.125. The highest BCUT2D eigenvalue weighted by atomic mass is 16.5. The predicted octanol–water partition coefficient (Wildman–Crippen LogP) is 5.43. The van der Waals surface area contributed by atoms with Gasteiger partial charge in [0.25, 0.3) is 0 Å². The van der Waals surface area contributed by atoms with Crippen molar-refractivity contribution in [3.63, 3.8) is 0 Å². The number of hydrogen-bond donors (Lipinski definition) is 0. The molecule has 2 aliphatic carbocycles. The van der Waals surface area contributed by atoms with Gasteiger partial charge in [0.15, 0.2) is 11.6 Å². The SMILES string of the molecule is O=C1c2ccccc2C(=O)C12O[C@H](c1ccccc1)C1(C(=O)c3ccccc3C1=O)[C@@H]2c1ccccc1. The lowest BCUT2D eigenvalue weighted by Gasteiger charge is -2.34. The van der Waals surface area contributed by atoms with Crippen molar-refractivity contribution in [1.82, 2.24) is 0 Å². The largest absolute Gasteiger partial charge is 0.348 e. The predicted molar refractivity (Wildman–Crippen MR) is 135 cm³/mol. The third-order valence-electron chi connectivity index (χ3n) is 8.07. The Morgan fingerprint density at radius 1 is 0.459 bits per heavy atom. The maximum atomic E-state index is 14.5. The third-order valence-corrected chi connectivity index (χ3v) is 8.07. The minimum Gasteiger partial charge on any atom is -0.348 e. The van der Waals surface area contributed by atoms with E-state index in [0.717, 1.165) is 0 Å². The molecule has 1 saturated heterocycles. The fourth-order valence-electron chi connectivity index (χ4n) is 6.60. The van der Waals surface area contributed by atoms with Crippen LogP contribution in [-0.2, 0) is 4.74 Å². The number of fused-ring (bicyclic) bond motifs is 2. The van der Waals surface area contributed by atoms with Crippen LogP contribution in [-0.4, -0.2) is 28.7 Å². The van der Waals surface area contributed by atoms with Gasteiger partial charge in [-0.25, -0.2) is 0 Å². The van der Waals surface area contributed by atoms with Crippen molar-refractivity contribution in [2.24, 2.45) is 5.41 Å². The summed E-state index contributed by atoms with van der Waals surface area (Å²) < 4.78 is 6.64. The molecule has 0 aromatic heterocycles. The summed E-state index contributed by atoms with van der Waals surface area (Å²) in [5.74, 6) is -3.05. The molecule has 5 nitrogen and oxygen atoms in total. The molecule has 0 unspecified atom stereocenters. The highest BCUT2D eigenvalue weighted by Gasteiger charge is 2.79. The molecule has 0 radical (unpaired) electrons. The maximum absolute atomic E-state index is 14.5. The van der Waals surface area contributed by atoms with Crippen LogP contribution in [0.25, 0.3) is 0 Å². The number of ketones is 4. The summed E-state index contributed by atoms with van der Waals surface area (Å²) in [7, 11) is 0. The first kappa shape index (κ1) is 21.8. The van der Waals surface area contributed by atoms with Gasteiger partial charge in [-0.15, -0.1) is 0 Å². The van der Waals surface area contributed by atoms with Crippen LogP contribution in [0.15, 0.2) is 109 Å². The third kappa shape index (κ3) is 2.51. The van der Waals surface area contributed by atoms with Crippen LogP contribution in [0.4, 0.5) is 0 Å². The molecule has 0 N–H and O–H groups in total. The molecule has 4 aromatic rings. The van der Waals surface area contributed by atoms with Gasteiger partial charge in [0.1, 0.15) is 11.5 Å². The number of benzene rings is 4. The molecule has 4 aromatic carbocycles. The second-order valence-corrected chi connectivity index (χ2v) is 9.76. The van der Waals surface area contributed by atoms with Gasteiger partial charge in [-0.05, 0) is 11.1 Å². The summed E-state index contributed by atoms with van der Waals surface area (Å²) in [5, 5.41) is 0. The molecule has 0 bridgehead atoms. The lowest BCUT2D eigenvalue weighted by molar-refractivity contribution is -0.0210. The molecular weight excluding hydrogens is 464 g/mol. The molecule has 5 heteroatoms. The van der Waals surface area contributed by atoms with Gasteiger partial charge in [-0.3, -0.25) is 19.2 Å². The topological polar surface area (TPSA) is 77.5 Å². The van der Waals surface area contributed by atoms with E-state index in [1.807, 2.05) is 12.1 Å². The van der Waals surface area contributed by atoms with Gasteiger partial charge in [0, 0.05) is 22.3 Å². The fourth-order valence-corrected chi connectivity index (χ4v) is 6.60. The number of hydrogen-bond acceptors (Lipinski definition) is 5. The number of Topliss-reactive ketones (excluding diaryl/α,β-unsaturated/α-hetero) is 4. The van der Waals surface area contributed by atoms with Crippen LogP contribution in [0.5, 0.6) is 0 Å². The van der Waals surface area contributed by atoms with Crippen LogP contribution in [0.3, 0.4) is 0 Å². The monoisotopic (exact) mass is 484 g/mol. The second kappa shape index (κ2) is 7.51. The minimum absolute atomic E-state index is 0.243. The Balaban J connectivity index is 1.60. The average Bonchev–Trinajstić information content (AvgIpc) is 3.48. The molecule has 1 aliphatic heterocycles. The maximum Gasteiger partial charge on any atom is 0.204 e. The Labute approximate surface area is 212 Å². The van der Waals surface area contributed by atoms with Crippen LogP contribution >= 0.6 is 0 Å². The van der Waals surface area contributed by atoms with Crippen molar-refractivity contribution in [2.45, 2.75) is 17.6 Å². The van der Waals surface area contributed by atoms with Gasteiger partial charge in [0.2, 0.25) is 17.2 Å². The second-order valence-electron chi connectivity index (χ2n) is 9.76. The Hall–Kier alpha value is -4.48. The summed E-state index contributed by atoms with van der Waals surface area (Å²) in [6, 6.07) is 31.1. The zero-order valence-corrected chi connectivity index (χ0v) is 19.6. The standard InChI is InChI=1S/C32H20O5/c33-26-21-15-7-8-16-22(21)27(34)31(26)25(19-11-3-1-4-12-19)32(37-30(31)20-13-5-2-6-14-20)28(35)23-17-9-10-18-24(23)29(32)36/h1-18,25,30H/t25-,30+/m0/s1. The zero-order chi connectivity index (χ0) is 25.4. The van der Waals surface area contributed by atoms with E-state index in [0.29, 0.717) is 11.1 Å². The van der Waals surface area contributed by atoms with E-state index in [-0.39, 0.29) is 22.3 Å². The van der Waals surface area contributed by atoms with Crippen LogP contribution < -0.4 is 0 Å². The smallest absolute Gasteiger partial charge is 0.204 e. The average molecular weight is 485 g/mol. The number of carbonyl (C=O) groups excluding carboxylic acids is 4. The van der Waals surface area contributed by atoms with E-state index in [4.69, 9.17) is 4.74 Å². The minimum atomic E-state index is -2.06. The first-order chi connectivity index (χ1) is 18.0. The van der Waals surface area contributed by atoms with E-state index in [1.165, 1.54) is 0 Å². The molecule has 37 heavy (non-hydrogen) atoms. The molecule has 2 spiro atoms. The molecule has 0 amide bonds. The quantitative estimate of drug-likeness (QED) is 0.355. The summed E-state index contributed by atoms with van der Waals surface area (Å²) in [6.07, 6.45) is -1.14. The molecule has 2 atom stereocenters. The highest BCUT2D eigenvalue weighted by Crippen LogP contribution is 2.67. The molecular formula is C32H20O5. The lowest BCUT2D eigenvalue weighted by atomic mass is 9.60. The van der Waals surface area contributed by atoms with Gasteiger partial charge >= 0.3 is 0 Å². The Bertz CT molecular complexity index is 1570. The number of rotatable bonds is 2. The first-order valence-corrected chi connectivity index (χ1v) is 12.2. The summed E-state index contributed by atoms with van der Waals surface area (Å²) in [5.41, 5.74) is -1.74. The molecule has 7 rings (SSSR count). The zero-order valence-electron chi connectivity index (χ0n) is 19.6. The Kier molecular flexibility index (Phi) is 4.42. The number of carbonyl (C=O) groups is 4. The van der Waals surface area contributed by atoms with Crippen LogP contribution in [0.2, 0.25) is 0 Å². The van der Waals surface area contributed by atoms with Gasteiger partial charge in [0.05, 0.1) is 5.92 Å². The van der Waals surface area contributed by atoms with Crippen molar-refractivity contribution >= 4 is 23.1 Å². The molecule has 3 aliphatic rings. The molecule has 0 saturated carbocycles. The van der Waals surface area contributed by atoms with E-state index in [2.05, 4.69) is 0 Å². The Morgan fingerprint density at radius 3 is 1.30 bits per heavy atom. The van der Waals surface area contributed by atoms with E-state index in [1.54, 1.807) is 97.1 Å². The van der Waals surface area contributed by atoms with Gasteiger partial charge in [-0.1, -0.05) is 109 Å². The summed E-state index contributed by atoms with van der Waals surface area (Å²) in [6.45, 7) is 0. The van der Waals surface area contributed by atoms with E-state index < -0.39 is 46.2 Å². The van der Waals surface area contributed by atoms with Crippen molar-refractivity contribution in [1.29, 1.82) is 0 Å². The first-order valence-electron chi connectivity index (χ1n) is 12.2. The van der Waals surface area contributed by atoms with Crippen molar-refractivity contribution in [3.8, 4) is 0 Å². The van der Waals surface area contributed by atoms with Crippen LogP contribution in [0, 0.1) is 5.41 Å². The van der Waals surface area contributed by atoms with Crippen molar-refractivity contribution in [3.05, 3.63) is 143 Å². The lowest BCUT2D eigenvalue weighted by Crippen LogP contribution is -2.51. The highest BCUT2D eigenvalue weighted by molar-refractivity contribution is 6.37. The Morgan fingerprint density at radius 2 is 0.838 bits per heavy atom.